The number of halogens is 2. The van der Waals surface area contributed by atoms with Gasteiger partial charge in [0.2, 0.25) is 0 Å². The Bertz CT molecular complexity index is 985. The number of hydrogen-bond acceptors (Lipinski definition) is 6. The van der Waals surface area contributed by atoms with Crippen molar-refractivity contribution in [2.75, 3.05) is 0 Å². The molecule has 28 heavy (non-hydrogen) atoms. The summed E-state index contributed by atoms with van der Waals surface area (Å²) in [5.74, 6) is -2.44. The molecule has 3 rings (SSSR count). The minimum Gasteiger partial charge on any atom is -0.346 e. The van der Waals surface area contributed by atoms with Crippen molar-refractivity contribution in [1.82, 2.24) is 20.3 Å². The highest BCUT2D eigenvalue weighted by atomic mass is 32.1. The van der Waals surface area contributed by atoms with Crippen LogP contribution in [0.3, 0.4) is 0 Å². The molecule has 9 heteroatoms. The molecule has 3 aromatic rings. The number of aromatic nitrogens is 3. The number of ketones is 1. The zero-order chi connectivity index (χ0) is 20.1. The number of carbonyl (C=O) groups excluding carboxylic acids is 2. The van der Waals surface area contributed by atoms with Gasteiger partial charge in [0.05, 0.1) is 29.6 Å². The quantitative estimate of drug-likeness (QED) is 0.613. The minimum atomic E-state index is -0.832. The summed E-state index contributed by atoms with van der Waals surface area (Å²) in [5, 5.41) is 3.46. The highest BCUT2D eigenvalue weighted by molar-refractivity contribution is 7.11. The fourth-order valence-electron chi connectivity index (χ4n) is 2.43. The van der Waals surface area contributed by atoms with E-state index in [0.717, 1.165) is 22.0 Å². The summed E-state index contributed by atoms with van der Waals surface area (Å²) in [7, 11) is 0. The smallest absolute Gasteiger partial charge is 0.251 e. The van der Waals surface area contributed by atoms with Gasteiger partial charge < -0.3 is 5.32 Å². The van der Waals surface area contributed by atoms with Gasteiger partial charge >= 0.3 is 0 Å². The van der Waals surface area contributed by atoms with E-state index >= 15 is 0 Å². The van der Waals surface area contributed by atoms with Crippen LogP contribution in [0.5, 0.6) is 0 Å². The molecule has 0 spiro atoms. The van der Waals surface area contributed by atoms with Crippen LogP contribution in [-0.2, 0) is 13.0 Å². The van der Waals surface area contributed by atoms with E-state index in [9.17, 15) is 18.4 Å². The van der Waals surface area contributed by atoms with Crippen LogP contribution < -0.4 is 5.32 Å². The number of hydrogen-bond donors (Lipinski definition) is 1. The largest absolute Gasteiger partial charge is 0.346 e. The Morgan fingerprint density at radius 1 is 1.04 bits per heavy atom. The number of rotatable bonds is 7. The predicted molar refractivity (Wildman–Crippen MR) is 99.1 cm³/mol. The average molecular weight is 402 g/mol. The molecule has 0 radical (unpaired) electrons. The lowest BCUT2D eigenvalue weighted by Gasteiger charge is -2.06. The molecule has 1 amide bonds. The standard InChI is InChI=1S/C19H16F2N4O2S/c1-11-22-9-16(28-11)2-3-18(26)17-10-23-15(7-24-17)8-25-19(27)12-4-13(20)6-14(21)5-12/h4-7,9-10H,2-3,8H2,1H3,(H,25,27). The Hall–Kier alpha value is -3.07. The lowest BCUT2D eigenvalue weighted by molar-refractivity contribution is 0.0946. The van der Waals surface area contributed by atoms with Crippen LogP contribution in [0, 0.1) is 18.6 Å². The van der Waals surface area contributed by atoms with Crippen molar-refractivity contribution in [2.45, 2.75) is 26.3 Å². The molecular formula is C19H16F2N4O2S. The molecule has 0 bridgehead atoms. The number of nitrogens with one attached hydrogen (secondary N) is 1. The van der Waals surface area contributed by atoms with Crippen molar-refractivity contribution in [1.29, 1.82) is 0 Å². The zero-order valence-electron chi connectivity index (χ0n) is 14.9. The van der Waals surface area contributed by atoms with E-state index in [1.165, 1.54) is 12.4 Å². The molecule has 0 saturated heterocycles. The lowest BCUT2D eigenvalue weighted by Crippen LogP contribution is -2.23. The molecule has 0 saturated carbocycles. The summed E-state index contributed by atoms with van der Waals surface area (Å²) >= 11 is 1.55. The fourth-order valence-corrected chi connectivity index (χ4v) is 3.23. The van der Waals surface area contributed by atoms with E-state index in [2.05, 4.69) is 20.3 Å². The van der Waals surface area contributed by atoms with Gasteiger partial charge in [-0.05, 0) is 25.5 Å². The third-order valence-electron chi connectivity index (χ3n) is 3.81. The predicted octanol–water partition coefficient (Wildman–Crippen LogP) is 3.27. The van der Waals surface area contributed by atoms with Crippen molar-refractivity contribution in [3.8, 4) is 0 Å². The van der Waals surface area contributed by atoms with Crippen LogP contribution in [0.4, 0.5) is 8.78 Å². The summed E-state index contributed by atoms with van der Waals surface area (Å²) in [6.45, 7) is 1.92. The summed E-state index contributed by atoms with van der Waals surface area (Å²) < 4.78 is 26.3. The number of benzene rings is 1. The molecule has 0 aliphatic carbocycles. The van der Waals surface area contributed by atoms with Crippen LogP contribution >= 0.6 is 11.3 Å². The SMILES string of the molecule is Cc1ncc(CCC(=O)c2cnc(CNC(=O)c3cc(F)cc(F)c3)cn2)s1. The van der Waals surface area contributed by atoms with E-state index in [4.69, 9.17) is 0 Å². The van der Waals surface area contributed by atoms with E-state index in [1.54, 1.807) is 17.5 Å². The first-order valence-corrected chi connectivity index (χ1v) is 9.22. The molecular weight excluding hydrogens is 386 g/mol. The second-order valence-corrected chi connectivity index (χ2v) is 7.32. The van der Waals surface area contributed by atoms with Gasteiger partial charge in [0.15, 0.2) is 5.78 Å². The van der Waals surface area contributed by atoms with Gasteiger partial charge in [0, 0.05) is 29.1 Å². The van der Waals surface area contributed by atoms with Crippen LogP contribution in [0.15, 0.2) is 36.8 Å². The molecule has 6 nitrogen and oxygen atoms in total. The monoisotopic (exact) mass is 402 g/mol. The third-order valence-corrected chi connectivity index (χ3v) is 4.79. The van der Waals surface area contributed by atoms with Gasteiger partial charge in [-0.1, -0.05) is 0 Å². The average Bonchev–Trinajstić information content (AvgIpc) is 3.09. The summed E-state index contributed by atoms with van der Waals surface area (Å²) in [6.07, 6.45) is 5.39. The molecule has 0 aliphatic heterocycles. The highest BCUT2D eigenvalue weighted by Crippen LogP contribution is 2.14. The van der Waals surface area contributed by atoms with Gasteiger partial charge in [0.1, 0.15) is 17.3 Å². The Morgan fingerprint density at radius 3 is 2.39 bits per heavy atom. The molecule has 1 aromatic carbocycles. The third kappa shape index (κ3) is 5.23. The van der Waals surface area contributed by atoms with Gasteiger partial charge in [-0.2, -0.15) is 0 Å². The molecule has 144 valence electrons. The van der Waals surface area contributed by atoms with Crippen molar-refractivity contribution >= 4 is 23.0 Å². The summed E-state index contributed by atoms with van der Waals surface area (Å²) in [4.78, 5) is 37.5. The Kier molecular flexibility index (Phi) is 6.15. The molecule has 2 heterocycles. The number of amides is 1. The van der Waals surface area contributed by atoms with E-state index in [1.807, 2.05) is 6.92 Å². The van der Waals surface area contributed by atoms with Gasteiger partial charge in [-0.3, -0.25) is 14.6 Å². The molecule has 1 N–H and O–H groups in total. The Balaban J connectivity index is 1.53. The topological polar surface area (TPSA) is 84.8 Å². The first kappa shape index (κ1) is 19.7. The van der Waals surface area contributed by atoms with Crippen molar-refractivity contribution in [3.05, 3.63) is 75.3 Å². The highest BCUT2D eigenvalue weighted by Gasteiger charge is 2.12. The summed E-state index contributed by atoms with van der Waals surface area (Å²) in [5.41, 5.74) is 0.527. The zero-order valence-corrected chi connectivity index (χ0v) is 15.7. The van der Waals surface area contributed by atoms with Gasteiger partial charge in [-0.15, -0.1) is 11.3 Å². The maximum atomic E-state index is 13.2. The maximum Gasteiger partial charge on any atom is 0.251 e. The molecule has 0 atom stereocenters. The first-order valence-electron chi connectivity index (χ1n) is 8.40. The maximum absolute atomic E-state index is 13.2. The number of Topliss-reactive ketones (excluding diaryl/α,β-unsaturated/α-hetero) is 1. The summed E-state index contributed by atoms with van der Waals surface area (Å²) in [6, 6.07) is 2.57. The second-order valence-electron chi connectivity index (χ2n) is 6.00. The minimum absolute atomic E-state index is 0.0125. The van der Waals surface area contributed by atoms with Crippen LogP contribution in [0.2, 0.25) is 0 Å². The van der Waals surface area contributed by atoms with E-state index < -0.39 is 17.5 Å². The second kappa shape index (κ2) is 8.75. The van der Waals surface area contributed by atoms with Crippen molar-refractivity contribution in [2.24, 2.45) is 0 Å². The lowest BCUT2D eigenvalue weighted by atomic mass is 10.1. The molecule has 0 fully saturated rings. The van der Waals surface area contributed by atoms with Crippen LogP contribution in [-0.4, -0.2) is 26.6 Å². The van der Waals surface area contributed by atoms with E-state index in [0.29, 0.717) is 24.6 Å². The molecule has 2 aromatic heterocycles. The number of aryl methyl sites for hydroxylation is 2. The van der Waals surface area contributed by atoms with Crippen molar-refractivity contribution in [3.63, 3.8) is 0 Å². The Labute approximate surface area is 163 Å². The number of carbonyl (C=O) groups is 2. The van der Waals surface area contributed by atoms with Crippen LogP contribution in [0.25, 0.3) is 0 Å². The van der Waals surface area contributed by atoms with Crippen molar-refractivity contribution < 1.29 is 18.4 Å². The fraction of sp³-hybridized carbons (Fsp3) is 0.211. The first-order chi connectivity index (χ1) is 13.4. The van der Waals surface area contributed by atoms with Crippen LogP contribution in [0.1, 0.15) is 42.8 Å². The van der Waals surface area contributed by atoms with E-state index in [-0.39, 0.29) is 23.6 Å². The molecule has 0 unspecified atom stereocenters. The van der Waals surface area contributed by atoms with Gasteiger partial charge in [-0.25, -0.2) is 18.7 Å². The number of nitrogens with zero attached hydrogens (tertiary/aromatic N) is 3. The Morgan fingerprint density at radius 2 is 1.79 bits per heavy atom. The van der Waals surface area contributed by atoms with Gasteiger partial charge in [0.25, 0.3) is 5.91 Å². The number of thiazole rings is 1. The normalized spacial score (nSPS) is 10.7. The molecule has 0 aliphatic rings.